The van der Waals surface area contributed by atoms with Gasteiger partial charge < -0.3 is 5.32 Å². The summed E-state index contributed by atoms with van der Waals surface area (Å²) in [7, 11) is 2.30. The summed E-state index contributed by atoms with van der Waals surface area (Å²) in [5.41, 5.74) is 4.36. The van der Waals surface area contributed by atoms with E-state index in [0.29, 0.717) is 6.04 Å². The van der Waals surface area contributed by atoms with Crippen molar-refractivity contribution in [2.75, 3.05) is 26.7 Å². The molecule has 2 rings (SSSR count). The molecule has 2 unspecified atom stereocenters. The Bertz CT molecular complexity index is 427. The quantitative estimate of drug-likeness (QED) is 0.901. The van der Waals surface area contributed by atoms with Gasteiger partial charge in [0.05, 0.1) is 0 Å². The number of nitrogens with zero attached hydrogens (tertiary/aromatic N) is 1. The van der Waals surface area contributed by atoms with Gasteiger partial charge in [-0.05, 0) is 70.4 Å². The van der Waals surface area contributed by atoms with Crippen LogP contribution in [0.15, 0.2) is 18.2 Å². The van der Waals surface area contributed by atoms with Crippen LogP contribution in [0.25, 0.3) is 0 Å². The lowest BCUT2D eigenvalue weighted by molar-refractivity contribution is 0.189. The van der Waals surface area contributed by atoms with Gasteiger partial charge in [0.15, 0.2) is 0 Å². The molecule has 2 nitrogen and oxygen atoms in total. The zero-order valence-electron chi connectivity index (χ0n) is 13.6. The average molecular weight is 274 g/mol. The molecule has 1 aromatic rings. The van der Waals surface area contributed by atoms with Crippen molar-refractivity contribution in [3.63, 3.8) is 0 Å². The van der Waals surface area contributed by atoms with Crippen molar-refractivity contribution in [2.45, 2.75) is 46.1 Å². The number of hydrogen-bond acceptors (Lipinski definition) is 2. The van der Waals surface area contributed by atoms with Gasteiger partial charge in [0, 0.05) is 6.04 Å². The predicted molar refractivity (Wildman–Crippen MR) is 87.2 cm³/mol. The third kappa shape index (κ3) is 3.62. The van der Waals surface area contributed by atoms with Crippen molar-refractivity contribution in [1.82, 2.24) is 10.2 Å². The minimum Gasteiger partial charge on any atom is -0.317 e. The molecular formula is C18H30N2. The van der Waals surface area contributed by atoms with Crippen LogP contribution in [-0.4, -0.2) is 31.6 Å². The summed E-state index contributed by atoms with van der Waals surface area (Å²) in [5, 5.41) is 3.57. The first kappa shape index (κ1) is 15.5. The molecule has 1 aliphatic heterocycles. The summed E-state index contributed by atoms with van der Waals surface area (Å²) in [6, 6.07) is 7.49. The fraction of sp³-hybridized carbons (Fsp3) is 0.667. The van der Waals surface area contributed by atoms with Gasteiger partial charge >= 0.3 is 0 Å². The first-order valence-electron chi connectivity index (χ1n) is 8.11. The summed E-state index contributed by atoms with van der Waals surface area (Å²) < 4.78 is 0. The van der Waals surface area contributed by atoms with Gasteiger partial charge in [-0.25, -0.2) is 0 Å². The second-order valence-corrected chi connectivity index (χ2v) is 6.35. The summed E-state index contributed by atoms with van der Waals surface area (Å²) in [5.74, 6) is 0.725. The van der Waals surface area contributed by atoms with Crippen molar-refractivity contribution in [1.29, 1.82) is 0 Å². The standard InChI is InChI=1S/C18H30N2/c1-5-19-13-16-8-6-7-11-20(4)18(16)17-12-14(2)9-10-15(17)3/h9-10,12,16,18-19H,5-8,11,13H2,1-4H3. The van der Waals surface area contributed by atoms with Crippen LogP contribution >= 0.6 is 0 Å². The molecule has 1 fully saturated rings. The highest BCUT2D eigenvalue weighted by molar-refractivity contribution is 5.33. The highest BCUT2D eigenvalue weighted by atomic mass is 15.1. The maximum Gasteiger partial charge on any atom is 0.0388 e. The van der Waals surface area contributed by atoms with Crippen molar-refractivity contribution in [3.05, 3.63) is 34.9 Å². The molecule has 2 heteroatoms. The number of nitrogens with one attached hydrogen (secondary N) is 1. The van der Waals surface area contributed by atoms with Crippen LogP contribution in [0.1, 0.15) is 48.9 Å². The summed E-state index contributed by atoms with van der Waals surface area (Å²) in [4.78, 5) is 2.58. The van der Waals surface area contributed by atoms with Crippen molar-refractivity contribution in [3.8, 4) is 0 Å². The first-order valence-corrected chi connectivity index (χ1v) is 8.11. The van der Waals surface area contributed by atoms with Crippen molar-refractivity contribution < 1.29 is 0 Å². The van der Waals surface area contributed by atoms with E-state index < -0.39 is 0 Å². The van der Waals surface area contributed by atoms with Crippen LogP contribution in [0.5, 0.6) is 0 Å². The van der Waals surface area contributed by atoms with E-state index in [0.717, 1.165) is 19.0 Å². The lowest BCUT2D eigenvalue weighted by atomic mass is 9.86. The summed E-state index contributed by atoms with van der Waals surface area (Å²) in [6.45, 7) is 10.1. The van der Waals surface area contributed by atoms with E-state index in [1.54, 1.807) is 0 Å². The van der Waals surface area contributed by atoms with E-state index >= 15 is 0 Å². The Morgan fingerprint density at radius 3 is 2.80 bits per heavy atom. The molecule has 0 bridgehead atoms. The molecule has 0 aliphatic carbocycles. The second-order valence-electron chi connectivity index (χ2n) is 6.35. The lowest BCUT2D eigenvalue weighted by Crippen LogP contribution is -2.35. The molecule has 0 spiro atoms. The molecule has 1 saturated heterocycles. The molecule has 0 saturated carbocycles. The monoisotopic (exact) mass is 274 g/mol. The molecule has 2 atom stereocenters. The molecule has 1 aromatic carbocycles. The van der Waals surface area contributed by atoms with Gasteiger partial charge in [0.1, 0.15) is 0 Å². The SMILES string of the molecule is CCNCC1CCCCN(C)C1c1cc(C)ccc1C. The van der Waals surface area contributed by atoms with Crippen LogP contribution in [0.4, 0.5) is 0 Å². The third-order valence-corrected chi connectivity index (χ3v) is 4.67. The molecule has 20 heavy (non-hydrogen) atoms. The molecule has 0 radical (unpaired) electrons. The van der Waals surface area contributed by atoms with Gasteiger partial charge in [-0.15, -0.1) is 0 Å². The summed E-state index contributed by atoms with van der Waals surface area (Å²) in [6.07, 6.45) is 4.04. The first-order chi connectivity index (χ1) is 9.63. The lowest BCUT2D eigenvalue weighted by Gasteiger charge is -2.34. The Morgan fingerprint density at radius 2 is 2.05 bits per heavy atom. The van der Waals surface area contributed by atoms with Crippen LogP contribution in [0.3, 0.4) is 0 Å². The maximum absolute atomic E-state index is 3.57. The van der Waals surface area contributed by atoms with Crippen LogP contribution in [0, 0.1) is 19.8 Å². The Morgan fingerprint density at radius 1 is 1.25 bits per heavy atom. The fourth-order valence-electron chi connectivity index (χ4n) is 3.54. The number of rotatable bonds is 4. The highest BCUT2D eigenvalue weighted by Gasteiger charge is 2.29. The van der Waals surface area contributed by atoms with Gasteiger partial charge in [-0.1, -0.05) is 37.1 Å². The molecule has 1 N–H and O–H groups in total. The van der Waals surface area contributed by atoms with Gasteiger partial charge in [-0.2, -0.15) is 0 Å². The Balaban J connectivity index is 2.31. The highest BCUT2D eigenvalue weighted by Crippen LogP contribution is 2.35. The van der Waals surface area contributed by atoms with E-state index in [1.165, 1.54) is 42.5 Å². The van der Waals surface area contributed by atoms with E-state index in [4.69, 9.17) is 0 Å². The predicted octanol–water partition coefficient (Wildman–Crippen LogP) is 3.69. The Kier molecular flexibility index (Phi) is 5.62. The molecule has 0 amide bonds. The molecule has 0 aromatic heterocycles. The largest absolute Gasteiger partial charge is 0.317 e. The topological polar surface area (TPSA) is 15.3 Å². The Labute approximate surface area is 124 Å². The number of benzene rings is 1. The second kappa shape index (κ2) is 7.24. The normalized spacial score (nSPS) is 24.6. The maximum atomic E-state index is 3.57. The van der Waals surface area contributed by atoms with Gasteiger partial charge in [0.2, 0.25) is 0 Å². The third-order valence-electron chi connectivity index (χ3n) is 4.67. The van der Waals surface area contributed by atoms with E-state index in [9.17, 15) is 0 Å². The zero-order valence-corrected chi connectivity index (χ0v) is 13.6. The Hall–Kier alpha value is -0.860. The van der Waals surface area contributed by atoms with Crippen LogP contribution in [0.2, 0.25) is 0 Å². The minimum atomic E-state index is 0.566. The average Bonchev–Trinajstić information content (AvgIpc) is 2.61. The molecular weight excluding hydrogens is 244 g/mol. The van der Waals surface area contributed by atoms with Crippen molar-refractivity contribution >= 4 is 0 Å². The van der Waals surface area contributed by atoms with Crippen LogP contribution in [-0.2, 0) is 0 Å². The van der Waals surface area contributed by atoms with E-state index in [2.05, 4.69) is 56.2 Å². The molecule has 112 valence electrons. The summed E-state index contributed by atoms with van der Waals surface area (Å²) >= 11 is 0. The van der Waals surface area contributed by atoms with Crippen LogP contribution < -0.4 is 5.32 Å². The van der Waals surface area contributed by atoms with Gasteiger partial charge in [0.25, 0.3) is 0 Å². The number of hydrogen-bond donors (Lipinski definition) is 1. The van der Waals surface area contributed by atoms with Gasteiger partial charge in [-0.3, -0.25) is 4.90 Å². The molecule has 1 aliphatic rings. The molecule has 1 heterocycles. The van der Waals surface area contributed by atoms with E-state index in [1.807, 2.05) is 0 Å². The smallest absolute Gasteiger partial charge is 0.0388 e. The van der Waals surface area contributed by atoms with E-state index in [-0.39, 0.29) is 0 Å². The number of aryl methyl sites for hydroxylation is 2. The van der Waals surface area contributed by atoms with Crippen molar-refractivity contribution in [2.24, 2.45) is 5.92 Å². The zero-order chi connectivity index (χ0) is 14.5. The number of likely N-dealkylation sites (tertiary alicyclic amines) is 1. The minimum absolute atomic E-state index is 0.566. The fourth-order valence-corrected chi connectivity index (χ4v) is 3.54.